The molecule has 0 aromatic heterocycles. The van der Waals surface area contributed by atoms with Crippen molar-refractivity contribution in [1.82, 2.24) is 14.3 Å². The second-order valence-corrected chi connectivity index (χ2v) is 12.1. The molecule has 1 aromatic rings. The molecule has 194 valence electrons. The first-order valence-corrected chi connectivity index (χ1v) is 14.5. The molecule has 2 aliphatic heterocycles. The second kappa shape index (κ2) is 10.7. The first kappa shape index (κ1) is 24.9. The number of ether oxygens (including phenoxy) is 2. The van der Waals surface area contributed by atoms with Crippen molar-refractivity contribution >= 4 is 16.1 Å². The zero-order valence-electron chi connectivity index (χ0n) is 20.1. The average Bonchev–Trinajstić information content (AvgIpc) is 3.29. The van der Waals surface area contributed by atoms with E-state index in [0.717, 1.165) is 50.8 Å². The van der Waals surface area contributed by atoms with Gasteiger partial charge in [0.15, 0.2) is 0 Å². The summed E-state index contributed by atoms with van der Waals surface area (Å²) in [4.78, 5) is 12.9. The Labute approximate surface area is 207 Å². The normalized spacial score (nSPS) is 24.7. The van der Waals surface area contributed by atoms with Crippen molar-refractivity contribution in [3.05, 3.63) is 29.1 Å². The van der Waals surface area contributed by atoms with E-state index in [-0.39, 0.29) is 36.8 Å². The molecule has 2 aliphatic carbocycles. The number of carbonyl (C=O) groups is 1. The monoisotopic (exact) mass is 509 g/mol. The van der Waals surface area contributed by atoms with Crippen LogP contribution in [0.2, 0.25) is 0 Å². The Morgan fingerprint density at radius 3 is 2.46 bits per heavy atom. The molecule has 1 amide bonds. The van der Waals surface area contributed by atoms with Crippen LogP contribution in [0.5, 0.6) is 5.75 Å². The lowest BCUT2D eigenvalue weighted by Crippen LogP contribution is -2.48. The Hall–Kier alpha value is -1.75. The third-order valence-electron chi connectivity index (χ3n) is 7.67. The molecule has 1 aromatic carbocycles. The Kier molecular flexibility index (Phi) is 7.62. The first-order chi connectivity index (χ1) is 16.9. The van der Waals surface area contributed by atoms with E-state index in [1.54, 1.807) is 0 Å². The van der Waals surface area contributed by atoms with E-state index < -0.39 is 21.9 Å². The van der Waals surface area contributed by atoms with Gasteiger partial charge in [-0.1, -0.05) is 12.8 Å². The quantitative estimate of drug-likeness (QED) is 0.531. The van der Waals surface area contributed by atoms with E-state index in [1.807, 2.05) is 0 Å². The zero-order chi connectivity index (χ0) is 24.4. The van der Waals surface area contributed by atoms with Gasteiger partial charge in [-0.3, -0.25) is 4.79 Å². The highest BCUT2D eigenvalue weighted by Crippen LogP contribution is 2.45. The highest BCUT2D eigenvalue weighted by Gasteiger charge is 2.34. The molecular formula is C25H36FN3O5S. The highest BCUT2D eigenvalue weighted by molar-refractivity contribution is 7.87. The Balaban J connectivity index is 1.21. The zero-order valence-corrected chi connectivity index (χ0v) is 21.0. The van der Waals surface area contributed by atoms with Gasteiger partial charge in [0.05, 0.1) is 24.4 Å². The summed E-state index contributed by atoms with van der Waals surface area (Å²) in [6.45, 7) is 2.84. The summed E-state index contributed by atoms with van der Waals surface area (Å²) in [7, 11) is -4.08. The highest BCUT2D eigenvalue weighted by atomic mass is 32.2. The third kappa shape index (κ3) is 6.15. The van der Waals surface area contributed by atoms with Crippen LogP contribution in [0, 0.1) is 11.7 Å². The Bertz CT molecular complexity index is 1010. The van der Waals surface area contributed by atoms with Crippen molar-refractivity contribution in [3.63, 3.8) is 0 Å². The third-order valence-corrected chi connectivity index (χ3v) is 9.16. The van der Waals surface area contributed by atoms with Gasteiger partial charge in [-0.2, -0.15) is 12.7 Å². The van der Waals surface area contributed by atoms with Gasteiger partial charge in [-0.05, 0) is 75.0 Å². The van der Waals surface area contributed by atoms with Gasteiger partial charge in [0.25, 0.3) is 5.91 Å². The molecule has 4 fully saturated rings. The summed E-state index contributed by atoms with van der Waals surface area (Å²) in [5.41, 5.74) is 0.543. The molecule has 5 rings (SSSR count). The molecule has 35 heavy (non-hydrogen) atoms. The molecule has 1 atom stereocenters. The van der Waals surface area contributed by atoms with Crippen LogP contribution < -0.4 is 14.8 Å². The molecule has 2 heterocycles. The lowest BCUT2D eigenvalue weighted by molar-refractivity contribution is -0.0244. The molecule has 0 spiro atoms. The molecule has 0 bridgehead atoms. The van der Waals surface area contributed by atoms with Crippen molar-refractivity contribution in [2.75, 3.05) is 32.8 Å². The molecular weight excluding hydrogens is 473 g/mol. The van der Waals surface area contributed by atoms with Crippen molar-refractivity contribution in [2.45, 2.75) is 75.9 Å². The van der Waals surface area contributed by atoms with Gasteiger partial charge in [0.1, 0.15) is 11.6 Å². The SMILES string of the molecule is O=C(NS(=O)(=O)N1CCC(OC2CCNC2)CC1)c1cc(C2CC2)c(OCC2CCCC2)cc1F. The second-order valence-electron chi connectivity index (χ2n) is 10.4. The molecule has 0 radical (unpaired) electrons. The number of hydrogen-bond acceptors (Lipinski definition) is 6. The number of amides is 1. The number of rotatable bonds is 9. The van der Waals surface area contributed by atoms with Crippen LogP contribution in [0.25, 0.3) is 0 Å². The van der Waals surface area contributed by atoms with Gasteiger partial charge in [-0.25, -0.2) is 9.11 Å². The molecule has 2 N–H and O–H groups in total. The van der Waals surface area contributed by atoms with E-state index in [9.17, 15) is 17.6 Å². The fourth-order valence-corrected chi connectivity index (χ4v) is 6.60. The Morgan fingerprint density at radius 2 is 1.80 bits per heavy atom. The number of hydrogen-bond donors (Lipinski definition) is 2. The van der Waals surface area contributed by atoms with Gasteiger partial charge in [-0.15, -0.1) is 0 Å². The number of piperidine rings is 1. The predicted octanol–water partition coefficient (Wildman–Crippen LogP) is 3.09. The van der Waals surface area contributed by atoms with Crippen molar-refractivity contribution in [2.24, 2.45) is 5.92 Å². The van der Waals surface area contributed by atoms with Crippen molar-refractivity contribution < 1.29 is 27.1 Å². The van der Waals surface area contributed by atoms with Gasteiger partial charge < -0.3 is 14.8 Å². The standard InChI is InChI=1S/C25H36FN3O5S/c26-23-14-24(33-16-17-3-1-2-4-17)21(18-5-6-18)13-22(23)25(30)28-35(31,32)29-11-8-19(9-12-29)34-20-7-10-27-15-20/h13-14,17-20,27H,1-12,15-16H2,(H,28,30). The maximum absolute atomic E-state index is 15.0. The van der Waals surface area contributed by atoms with Crippen LogP contribution in [0.3, 0.4) is 0 Å². The van der Waals surface area contributed by atoms with Crippen LogP contribution in [0.15, 0.2) is 12.1 Å². The summed E-state index contributed by atoms with van der Waals surface area (Å²) in [6.07, 6.45) is 8.86. The van der Waals surface area contributed by atoms with E-state index >= 15 is 0 Å². The molecule has 4 aliphatic rings. The van der Waals surface area contributed by atoms with Crippen LogP contribution in [0.4, 0.5) is 4.39 Å². The van der Waals surface area contributed by atoms with Crippen molar-refractivity contribution in [1.29, 1.82) is 0 Å². The maximum atomic E-state index is 15.0. The number of halogens is 1. The average molecular weight is 510 g/mol. The smallest absolute Gasteiger partial charge is 0.304 e. The van der Waals surface area contributed by atoms with Crippen LogP contribution in [-0.2, 0) is 14.9 Å². The summed E-state index contributed by atoms with van der Waals surface area (Å²) < 4.78 is 56.1. The number of nitrogens with one attached hydrogen (secondary N) is 2. The van der Waals surface area contributed by atoms with Crippen molar-refractivity contribution in [3.8, 4) is 5.75 Å². The lowest BCUT2D eigenvalue weighted by Gasteiger charge is -2.32. The molecule has 10 heteroatoms. The minimum Gasteiger partial charge on any atom is -0.493 e. The van der Waals surface area contributed by atoms with E-state index in [4.69, 9.17) is 9.47 Å². The van der Waals surface area contributed by atoms with E-state index in [1.165, 1.54) is 29.3 Å². The number of benzene rings is 1. The fraction of sp³-hybridized carbons (Fsp3) is 0.720. The fourth-order valence-electron chi connectivity index (χ4n) is 5.43. The number of carbonyl (C=O) groups excluding carboxylic acids is 1. The number of nitrogens with zero attached hydrogens (tertiary/aromatic N) is 1. The van der Waals surface area contributed by atoms with Crippen LogP contribution in [0.1, 0.15) is 79.6 Å². The van der Waals surface area contributed by atoms with E-state index in [2.05, 4.69) is 10.0 Å². The predicted molar refractivity (Wildman–Crippen MR) is 129 cm³/mol. The van der Waals surface area contributed by atoms with Crippen LogP contribution >= 0.6 is 0 Å². The van der Waals surface area contributed by atoms with Gasteiger partial charge >= 0.3 is 10.2 Å². The van der Waals surface area contributed by atoms with Crippen LogP contribution in [-0.4, -0.2) is 63.6 Å². The molecule has 2 saturated carbocycles. The summed E-state index contributed by atoms with van der Waals surface area (Å²) in [5, 5.41) is 3.26. The van der Waals surface area contributed by atoms with Gasteiger partial charge in [0.2, 0.25) is 0 Å². The molecule has 2 saturated heterocycles. The van der Waals surface area contributed by atoms with Gasteiger partial charge in [0, 0.05) is 25.7 Å². The summed E-state index contributed by atoms with van der Waals surface area (Å²) in [5.74, 6) is -0.507. The molecule has 1 unspecified atom stereocenters. The maximum Gasteiger partial charge on any atom is 0.304 e. The minimum absolute atomic E-state index is 0.0115. The first-order valence-electron chi connectivity index (χ1n) is 13.0. The Morgan fingerprint density at radius 1 is 1.06 bits per heavy atom. The van der Waals surface area contributed by atoms with E-state index in [0.29, 0.717) is 31.1 Å². The largest absolute Gasteiger partial charge is 0.493 e. The topological polar surface area (TPSA) is 97.0 Å². The summed E-state index contributed by atoms with van der Waals surface area (Å²) >= 11 is 0. The minimum atomic E-state index is -4.08. The molecule has 8 nitrogen and oxygen atoms in total. The lowest BCUT2D eigenvalue weighted by atomic mass is 10.0. The summed E-state index contributed by atoms with van der Waals surface area (Å²) in [6, 6.07) is 2.74.